The molecule has 0 aliphatic rings. The number of fused-ring (bicyclic) bond motifs is 4. The van der Waals surface area contributed by atoms with Crippen LogP contribution < -0.4 is 27.8 Å². The maximum Gasteiger partial charge on any atom is 0.141 e. The third-order valence-corrected chi connectivity index (χ3v) is 27.9. The van der Waals surface area contributed by atoms with Crippen molar-refractivity contribution in [3.05, 3.63) is 311 Å². The molecule has 0 saturated heterocycles. The Morgan fingerprint density at radius 3 is 0.881 bits per heavy atom. The predicted molar refractivity (Wildman–Crippen MR) is 591 cm³/mol. The van der Waals surface area contributed by atoms with Crippen molar-refractivity contribution >= 4 is 165 Å². The fraction of sp³-hybridized carbons (Fsp3) is 0.333. The average molecular weight is 1930 g/mol. The van der Waals surface area contributed by atoms with Crippen molar-refractivity contribution in [1.29, 1.82) is 0 Å². The molecule has 21 nitrogen and oxygen atoms in total. The molecule has 0 unspecified atom stereocenters. The number of nitrogens with zero attached hydrogens (tertiary/aromatic N) is 17. The summed E-state index contributed by atoms with van der Waals surface area (Å²) in [5.41, 5.74) is 44.3. The fourth-order valence-electron chi connectivity index (χ4n) is 15.5. The zero-order valence-corrected chi connectivity index (χ0v) is 82.8. The van der Waals surface area contributed by atoms with Crippen LogP contribution in [0.1, 0.15) is 148 Å². The number of aryl methyl sites for hydroxylation is 1. The highest BCUT2D eigenvalue weighted by Crippen LogP contribution is 2.32. The zero-order valence-electron chi connectivity index (χ0n) is 77.9. The van der Waals surface area contributed by atoms with Crippen LogP contribution >= 0.6 is 68.9 Å². The third kappa shape index (κ3) is 29.8. The van der Waals surface area contributed by atoms with Gasteiger partial charge in [0.1, 0.15) is 46.6 Å². The standard InChI is InChI=1S/C28H35N5S.C27H34N6S.C25H29N5S2.C24H27N5S2.4CH4/c1-4-8-21-10-12-22(13-11-21)19-27-31-24-20-23(30-28(29)26-9-7-18-34-26)14-15-25(24)33(27)17-16-32(5-2)6-3;1-5-32(6-2)22-12-9-20(10-13-22)18-26-30-23-19-21(29-27(28)25-8-7-17-34-25)11-14-24(23)33(26)16-15-31(3)4;1-4-31-20-10-7-18(8-11-20)16-24-28-21-17-19(27-25(26)23-6-5-15-32-23)9-12-22(21)30(24)14-13-29(2)3;1-28(2)12-13-29-21-11-8-18(26-24(25)22-5-4-14-31-22)16-20(21)27-23(29)15-17-6-9-19(30-3)10-7-17;;;;/h7,9-15,18,20H,4-6,8,16-17,19H2,1-3H3,(H2,29,30);7-14,17,19H,5-6,15-16,18H2,1-4H3,(H2,28,29);5-12,15,17H,4,13-14,16H2,1-3H3,(H2,26,27);4-11,14,16H,12-13,15H2,1-3H3,(H2,25,26);4*1H4. The highest BCUT2D eigenvalue weighted by Gasteiger charge is 2.20. The second-order valence-corrected chi connectivity index (χ2v) is 38.8. The Kier molecular flexibility index (Phi) is 42.3. The Morgan fingerprint density at radius 1 is 0.341 bits per heavy atom. The molecule has 0 fully saturated rings. The van der Waals surface area contributed by atoms with E-state index in [0.717, 1.165) is 226 Å². The lowest BCUT2D eigenvalue weighted by Crippen LogP contribution is -2.27. The molecule has 8 aromatic carbocycles. The number of amidine groups is 4. The fourth-order valence-corrected chi connectivity index (χ4v) is 19.1. The van der Waals surface area contributed by atoms with E-state index >= 15 is 0 Å². The molecule has 0 bridgehead atoms. The van der Waals surface area contributed by atoms with Crippen LogP contribution in [0.25, 0.3) is 44.1 Å². The van der Waals surface area contributed by atoms with Gasteiger partial charge in [-0.1, -0.05) is 149 Å². The maximum atomic E-state index is 6.23. The van der Waals surface area contributed by atoms with E-state index in [1.165, 1.54) is 49.7 Å². The van der Waals surface area contributed by atoms with E-state index in [4.69, 9.17) is 42.9 Å². The second kappa shape index (κ2) is 53.2. The lowest BCUT2D eigenvalue weighted by atomic mass is 10.1. The van der Waals surface area contributed by atoms with Gasteiger partial charge < -0.3 is 65.7 Å². The third-order valence-electron chi connectivity index (χ3n) is 22.7. The van der Waals surface area contributed by atoms with Crippen molar-refractivity contribution in [2.75, 3.05) is 112 Å². The summed E-state index contributed by atoms with van der Waals surface area (Å²) in [4.78, 5) is 56.5. The zero-order chi connectivity index (χ0) is 92.3. The van der Waals surface area contributed by atoms with E-state index in [-0.39, 0.29) is 29.7 Å². The van der Waals surface area contributed by atoms with Gasteiger partial charge in [0.05, 0.1) is 86.4 Å². The number of nitrogens with two attached hydrogens (primary N) is 4. The summed E-state index contributed by atoms with van der Waals surface area (Å²) < 4.78 is 9.38. The van der Waals surface area contributed by atoms with Gasteiger partial charge in [0.25, 0.3) is 0 Å². The molecule has 135 heavy (non-hydrogen) atoms. The van der Waals surface area contributed by atoms with Gasteiger partial charge in [0, 0.05) is 107 Å². The van der Waals surface area contributed by atoms with Gasteiger partial charge in [-0.15, -0.1) is 68.9 Å². The molecule has 0 atom stereocenters. The van der Waals surface area contributed by atoms with Crippen molar-refractivity contribution in [2.24, 2.45) is 42.9 Å². The molecule has 714 valence electrons. The summed E-state index contributed by atoms with van der Waals surface area (Å²) in [7, 11) is 12.6. The van der Waals surface area contributed by atoms with Crippen LogP contribution in [0.5, 0.6) is 0 Å². The molecule has 0 aliphatic carbocycles. The molecular formula is C108H141N21S6. The number of thioether (sulfide) groups is 2. The van der Waals surface area contributed by atoms with Crippen molar-refractivity contribution < 1.29 is 0 Å². The van der Waals surface area contributed by atoms with Gasteiger partial charge in [-0.25, -0.2) is 39.9 Å². The van der Waals surface area contributed by atoms with E-state index in [9.17, 15) is 0 Å². The molecular weight excluding hydrogens is 1780 g/mol. The first-order chi connectivity index (χ1) is 63.6. The molecule has 27 heteroatoms. The van der Waals surface area contributed by atoms with E-state index in [0.29, 0.717) is 23.3 Å². The Hall–Kier alpha value is -11.3. The molecule has 16 aromatic rings. The molecule has 8 N–H and O–H groups in total. The van der Waals surface area contributed by atoms with E-state index < -0.39 is 0 Å². The highest BCUT2D eigenvalue weighted by atomic mass is 32.2. The number of hydrogen-bond acceptors (Lipinski definition) is 19. The second-order valence-electron chi connectivity index (χ2n) is 32.8. The first kappa shape index (κ1) is 107. The van der Waals surface area contributed by atoms with Crippen LogP contribution in [0.15, 0.2) is 270 Å². The summed E-state index contributed by atoms with van der Waals surface area (Å²) in [5.74, 6) is 7.55. The number of benzene rings is 8. The van der Waals surface area contributed by atoms with E-state index in [1.54, 1.807) is 57.1 Å². The number of aromatic nitrogens is 8. The van der Waals surface area contributed by atoms with Gasteiger partial charge in [0.2, 0.25) is 0 Å². The molecule has 8 heterocycles. The van der Waals surface area contributed by atoms with Crippen molar-refractivity contribution in [3.8, 4) is 0 Å². The van der Waals surface area contributed by atoms with Gasteiger partial charge in [-0.05, 0) is 270 Å². The van der Waals surface area contributed by atoms with Gasteiger partial charge in [-0.2, -0.15) is 0 Å². The van der Waals surface area contributed by atoms with Crippen LogP contribution in [-0.2, 0) is 58.3 Å². The monoisotopic (exact) mass is 1920 g/mol. The van der Waals surface area contributed by atoms with Crippen LogP contribution in [0.3, 0.4) is 0 Å². The average Bonchev–Trinajstić information content (AvgIpc) is 1.66. The summed E-state index contributed by atoms with van der Waals surface area (Å²) >= 11 is 10.0. The van der Waals surface area contributed by atoms with Gasteiger partial charge >= 0.3 is 0 Å². The molecule has 16 rings (SSSR count). The minimum atomic E-state index is 0. The number of likely N-dealkylation sites (N-methyl/N-ethyl adjacent to an activating group) is 4. The smallest absolute Gasteiger partial charge is 0.141 e. The predicted octanol–water partition coefficient (Wildman–Crippen LogP) is 24.1. The number of anilines is 1. The van der Waals surface area contributed by atoms with Gasteiger partial charge in [0.15, 0.2) is 0 Å². The topological polar surface area (TPSA) is 241 Å². The Labute approximate surface area is 827 Å². The lowest BCUT2D eigenvalue weighted by molar-refractivity contribution is 0.291. The largest absolute Gasteiger partial charge is 0.383 e. The SMILES string of the molecule is C.C.C.C.CCCc1ccc(Cc2nc3cc(N=C(N)c4cccs4)ccc3n2CCN(CC)CC)cc1.CCN(CC)c1ccc(Cc2nc3cc(N=C(N)c4cccs4)ccc3n2CCN(C)C)cc1.CCSc1ccc(Cc2nc3cc(N=C(N)c4cccs4)ccc3n2CCN(C)C)cc1.CSc1ccc(Cc2nc3cc(N=C(N)c4cccs4)ccc3n2CCN(C)C)cc1. The van der Waals surface area contributed by atoms with E-state index in [1.807, 2.05) is 124 Å². The summed E-state index contributed by atoms with van der Waals surface area (Å²) in [6.45, 7) is 24.8. The van der Waals surface area contributed by atoms with Crippen LogP contribution in [0.4, 0.5) is 28.4 Å². The molecule has 0 spiro atoms. The van der Waals surface area contributed by atoms with E-state index in [2.05, 4.69) is 280 Å². The summed E-state index contributed by atoms with van der Waals surface area (Å²) in [6, 6.07) is 76.1. The number of thiophene rings is 4. The first-order valence-electron chi connectivity index (χ1n) is 45.1. The Bertz CT molecular complexity index is 6370. The lowest BCUT2D eigenvalue weighted by Gasteiger charge is -2.21. The van der Waals surface area contributed by atoms with Crippen molar-refractivity contribution in [3.63, 3.8) is 0 Å². The van der Waals surface area contributed by atoms with Crippen LogP contribution in [0.2, 0.25) is 0 Å². The molecule has 0 radical (unpaired) electrons. The minimum Gasteiger partial charge on any atom is -0.383 e. The first-order valence-corrected chi connectivity index (χ1v) is 50.8. The normalized spacial score (nSPS) is 11.8. The highest BCUT2D eigenvalue weighted by molar-refractivity contribution is 7.99. The molecule has 0 amide bonds. The number of rotatable bonds is 38. The van der Waals surface area contributed by atoms with Crippen molar-refractivity contribution in [2.45, 2.75) is 146 Å². The summed E-state index contributed by atoms with van der Waals surface area (Å²) in [6.07, 6.45) is 7.59. The van der Waals surface area contributed by atoms with Crippen LogP contribution in [0, 0.1) is 0 Å². The minimum absolute atomic E-state index is 0. The quantitative estimate of drug-likeness (QED) is 0.0160. The van der Waals surface area contributed by atoms with Crippen LogP contribution in [-0.4, -0.2) is 188 Å². The summed E-state index contributed by atoms with van der Waals surface area (Å²) in [5, 5.41) is 8.03. The molecule has 0 saturated carbocycles. The maximum absolute atomic E-state index is 6.23. The Balaban J connectivity index is 0.000000200. The number of hydrogen-bond donors (Lipinski definition) is 4. The number of aliphatic imine (C=N–C) groups is 4. The number of imidazole rings is 4. The Morgan fingerprint density at radius 2 is 0.622 bits per heavy atom. The van der Waals surface area contributed by atoms with Gasteiger partial charge in [-0.3, -0.25) is 0 Å². The van der Waals surface area contributed by atoms with Crippen molar-refractivity contribution in [1.82, 2.24) is 57.8 Å². The molecule has 8 aromatic heterocycles. The molecule has 0 aliphatic heterocycles.